The highest BCUT2D eigenvalue weighted by Gasteiger charge is 2.49. The number of carbonyl (C=O) groups is 1. The van der Waals surface area contributed by atoms with E-state index in [4.69, 9.17) is 4.74 Å². The zero-order valence-corrected chi connectivity index (χ0v) is 13.6. The smallest absolute Gasteiger partial charge is 0.320 e. The van der Waals surface area contributed by atoms with Crippen LogP contribution >= 0.6 is 0 Å². The molecule has 3 nitrogen and oxygen atoms in total. The summed E-state index contributed by atoms with van der Waals surface area (Å²) in [6, 6.07) is 0. The average molecular weight is 269 g/mol. The zero-order valence-electron chi connectivity index (χ0n) is 13.6. The lowest BCUT2D eigenvalue weighted by atomic mass is 9.69. The minimum Gasteiger partial charge on any atom is -0.465 e. The third-order valence-electron chi connectivity index (χ3n) is 5.52. The van der Waals surface area contributed by atoms with Crippen LogP contribution in [0.5, 0.6) is 0 Å². The van der Waals surface area contributed by atoms with Gasteiger partial charge in [0.1, 0.15) is 0 Å². The summed E-state index contributed by atoms with van der Waals surface area (Å²) >= 11 is 0. The number of piperidine rings is 1. The molecule has 0 N–H and O–H groups in total. The van der Waals surface area contributed by atoms with Gasteiger partial charge in [0, 0.05) is 11.1 Å². The normalized spacial score (nSPS) is 36.2. The van der Waals surface area contributed by atoms with Gasteiger partial charge in [0.15, 0.2) is 0 Å². The molecule has 0 aromatic rings. The van der Waals surface area contributed by atoms with Crippen molar-refractivity contribution >= 4 is 5.97 Å². The van der Waals surface area contributed by atoms with Gasteiger partial charge in [-0.15, -0.1) is 0 Å². The standard InChI is InChI=1S/C16H31NO2/c1-7-15(5)11-10-13(4)16(6,8-2)17(15)12-14(18)19-9-3/h13H,7-12H2,1-6H3. The molecule has 19 heavy (non-hydrogen) atoms. The average Bonchev–Trinajstić information content (AvgIpc) is 2.40. The molecule has 0 spiro atoms. The first-order valence-corrected chi connectivity index (χ1v) is 7.77. The largest absolute Gasteiger partial charge is 0.465 e. The molecule has 0 bridgehead atoms. The molecule has 0 aromatic heterocycles. The van der Waals surface area contributed by atoms with Gasteiger partial charge < -0.3 is 4.74 Å². The van der Waals surface area contributed by atoms with Crippen LogP contribution in [-0.2, 0) is 9.53 Å². The van der Waals surface area contributed by atoms with Gasteiger partial charge in [-0.25, -0.2) is 0 Å². The molecule has 1 saturated heterocycles. The molecule has 1 aliphatic rings. The van der Waals surface area contributed by atoms with Crippen LogP contribution in [0, 0.1) is 5.92 Å². The fourth-order valence-electron chi connectivity index (χ4n) is 3.47. The third kappa shape index (κ3) is 3.13. The van der Waals surface area contributed by atoms with E-state index in [9.17, 15) is 4.79 Å². The van der Waals surface area contributed by atoms with E-state index < -0.39 is 0 Å². The summed E-state index contributed by atoms with van der Waals surface area (Å²) in [6.07, 6.45) is 4.56. The molecule has 3 heteroatoms. The maximum absolute atomic E-state index is 12.0. The number of nitrogens with zero attached hydrogens (tertiary/aromatic N) is 1. The molecule has 1 aliphatic heterocycles. The fraction of sp³-hybridized carbons (Fsp3) is 0.938. The van der Waals surface area contributed by atoms with Gasteiger partial charge in [-0.2, -0.15) is 0 Å². The van der Waals surface area contributed by atoms with Crippen molar-refractivity contribution in [2.45, 2.75) is 78.3 Å². The van der Waals surface area contributed by atoms with E-state index in [0.29, 0.717) is 19.1 Å². The molecule has 0 aromatic carbocycles. The Labute approximate surface area is 118 Å². The summed E-state index contributed by atoms with van der Waals surface area (Å²) < 4.78 is 5.17. The second-order valence-corrected chi connectivity index (χ2v) is 6.39. The van der Waals surface area contributed by atoms with E-state index in [0.717, 1.165) is 12.8 Å². The zero-order chi connectivity index (χ0) is 14.7. The van der Waals surface area contributed by atoms with Gasteiger partial charge in [-0.05, 0) is 52.4 Å². The van der Waals surface area contributed by atoms with Crippen LogP contribution in [0.3, 0.4) is 0 Å². The van der Waals surface area contributed by atoms with Crippen molar-refractivity contribution in [1.82, 2.24) is 4.90 Å². The molecule has 3 unspecified atom stereocenters. The second-order valence-electron chi connectivity index (χ2n) is 6.39. The van der Waals surface area contributed by atoms with E-state index in [2.05, 4.69) is 39.5 Å². The van der Waals surface area contributed by atoms with Crippen LogP contribution in [0.4, 0.5) is 0 Å². The Balaban J connectivity index is 3.02. The van der Waals surface area contributed by atoms with Gasteiger partial charge in [-0.1, -0.05) is 20.8 Å². The topological polar surface area (TPSA) is 29.5 Å². The summed E-state index contributed by atoms with van der Waals surface area (Å²) in [5.74, 6) is 0.530. The Kier molecular flexibility index (Phi) is 5.43. The summed E-state index contributed by atoms with van der Waals surface area (Å²) in [7, 11) is 0. The number of hydrogen-bond acceptors (Lipinski definition) is 3. The molecular weight excluding hydrogens is 238 g/mol. The van der Waals surface area contributed by atoms with E-state index in [1.807, 2.05) is 6.92 Å². The minimum absolute atomic E-state index is 0.0871. The maximum Gasteiger partial charge on any atom is 0.320 e. The quantitative estimate of drug-likeness (QED) is 0.714. The van der Waals surface area contributed by atoms with Crippen molar-refractivity contribution in [2.24, 2.45) is 5.92 Å². The number of likely N-dealkylation sites (tertiary alicyclic amines) is 1. The van der Waals surface area contributed by atoms with E-state index in [1.165, 1.54) is 12.8 Å². The van der Waals surface area contributed by atoms with Crippen molar-refractivity contribution in [3.05, 3.63) is 0 Å². The van der Waals surface area contributed by atoms with Gasteiger partial charge >= 0.3 is 5.97 Å². The molecule has 0 saturated carbocycles. The molecular formula is C16H31NO2. The Morgan fingerprint density at radius 1 is 1.26 bits per heavy atom. The van der Waals surface area contributed by atoms with Crippen LogP contribution in [0.25, 0.3) is 0 Å². The lowest BCUT2D eigenvalue weighted by Crippen LogP contribution is -2.65. The van der Waals surface area contributed by atoms with Crippen LogP contribution in [0.15, 0.2) is 0 Å². The highest BCUT2D eigenvalue weighted by atomic mass is 16.5. The lowest BCUT2D eigenvalue weighted by molar-refractivity contribution is -0.155. The summed E-state index contributed by atoms with van der Waals surface area (Å²) in [5, 5.41) is 0. The molecule has 1 heterocycles. The van der Waals surface area contributed by atoms with Crippen LogP contribution in [0.2, 0.25) is 0 Å². The van der Waals surface area contributed by atoms with Gasteiger partial charge in [-0.3, -0.25) is 9.69 Å². The summed E-state index contributed by atoms with van der Waals surface area (Å²) in [6.45, 7) is 14.1. The lowest BCUT2D eigenvalue weighted by Gasteiger charge is -2.58. The molecule has 112 valence electrons. The number of rotatable bonds is 5. The maximum atomic E-state index is 12.0. The van der Waals surface area contributed by atoms with E-state index in [-0.39, 0.29) is 17.0 Å². The molecule has 1 fully saturated rings. The Hall–Kier alpha value is -0.570. The van der Waals surface area contributed by atoms with Gasteiger partial charge in [0.05, 0.1) is 13.2 Å². The van der Waals surface area contributed by atoms with Crippen molar-refractivity contribution in [2.75, 3.05) is 13.2 Å². The SMILES string of the molecule is CCOC(=O)CN1C(C)(CC)CCC(C)C1(C)CC. The number of hydrogen-bond donors (Lipinski definition) is 0. The predicted molar refractivity (Wildman–Crippen MR) is 79.1 cm³/mol. The molecule has 0 aliphatic carbocycles. The van der Waals surface area contributed by atoms with Gasteiger partial charge in [0.2, 0.25) is 0 Å². The highest BCUT2D eigenvalue weighted by molar-refractivity contribution is 5.72. The monoisotopic (exact) mass is 269 g/mol. The van der Waals surface area contributed by atoms with Crippen molar-refractivity contribution in [3.63, 3.8) is 0 Å². The Bertz CT molecular complexity index is 318. The minimum atomic E-state index is -0.0871. The van der Waals surface area contributed by atoms with Crippen molar-refractivity contribution in [1.29, 1.82) is 0 Å². The molecule has 0 amide bonds. The van der Waals surface area contributed by atoms with Crippen molar-refractivity contribution < 1.29 is 9.53 Å². The summed E-state index contributed by atoms with van der Waals surface area (Å²) in [4.78, 5) is 14.4. The van der Waals surface area contributed by atoms with Crippen LogP contribution in [-0.4, -0.2) is 35.1 Å². The van der Waals surface area contributed by atoms with Crippen LogP contribution in [0.1, 0.15) is 67.2 Å². The van der Waals surface area contributed by atoms with E-state index in [1.54, 1.807) is 0 Å². The first kappa shape index (κ1) is 16.5. The number of carbonyl (C=O) groups excluding carboxylic acids is 1. The van der Waals surface area contributed by atoms with Crippen LogP contribution < -0.4 is 0 Å². The second kappa shape index (κ2) is 6.25. The summed E-state index contributed by atoms with van der Waals surface area (Å²) in [5.41, 5.74) is 0.208. The number of ether oxygens (including phenoxy) is 1. The molecule has 1 rings (SSSR count). The molecule has 3 atom stereocenters. The first-order valence-electron chi connectivity index (χ1n) is 7.77. The van der Waals surface area contributed by atoms with Crippen molar-refractivity contribution in [3.8, 4) is 0 Å². The Morgan fingerprint density at radius 2 is 1.89 bits per heavy atom. The third-order valence-corrected chi connectivity index (χ3v) is 5.52. The van der Waals surface area contributed by atoms with E-state index >= 15 is 0 Å². The number of esters is 1. The first-order chi connectivity index (χ1) is 8.84. The Morgan fingerprint density at radius 3 is 2.37 bits per heavy atom. The molecule has 0 radical (unpaired) electrons. The fourth-order valence-corrected chi connectivity index (χ4v) is 3.47. The van der Waals surface area contributed by atoms with Gasteiger partial charge in [0.25, 0.3) is 0 Å². The highest BCUT2D eigenvalue weighted by Crippen LogP contribution is 2.45. The predicted octanol–water partition coefficient (Wildman–Crippen LogP) is 3.62.